The van der Waals surface area contributed by atoms with Gasteiger partial charge in [-0.3, -0.25) is 4.79 Å². The van der Waals surface area contributed by atoms with E-state index in [4.69, 9.17) is 4.74 Å². The van der Waals surface area contributed by atoms with E-state index in [0.717, 1.165) is 30.0 Å². The number of carbonyl (C=O) groups excluding carboxylic acids is 1. The zero-order valence-electron chi connectivity index (χ0n) is 11.9. The van der Waals surface area contributed by atoms with Gasteiger partial charge in [0.25, 0.3) is 0 Å². The molecule has 3 rings (SSSR count). The van der Waals surface area contributed by atoms with Crippen LogP contribution in [0.3, 0.4) is 0 Å². The summed E-state index contributed by atoms with van der Waals surface area (Å²) in [4.78, 5) is 16.8. The van der Waals surface area contributed by atoms with Gasteiger partial charge in [-0.05, 0) is 42.2 Å². The van der Waals surface area contributed by atoms with Crippen LogP contribution in [0.1, 0.15) is 35.1 Å². The number of amides is 1. The maximum atomic E-state index is 12.3. The van der Waals surface area contributed by atoms with Crippen molar-refractivity contribution in [3.8, 4) is 0 Å². The van der Waals surface area contributed by atoms with Crippen LogP contribution in [0.15, 0.2) is 22.2 Å². The Balaban J connectivity index is 1.73. The van der Waals surface area contributed by atoms with Crippen molar-refractivity contribution in [3.05, 3.63) is 38.5 Å². The average Bonchev–Trinajstić information content (AvgIpc) is 3.20. The number of nitrogens with one attached hydrogen (secondary N) is 1. The molecular weight excluding hydrogens is 304 g/mol. The van der Waals surface area contributed by atoms with Gasteiger partial charge in [0.2, 0.25) is 5.91 Å². The first-order valence-electron chi connectivity index (χ1n) is 7.07. The molecule has 21 heavy (non-hydrogen) atoms. The minimum Gasteiger partial charge on any atom is -0.368 e. The third kappa shape index (κ3) is 3.70. The molecule has 1 amide bonds. The molecule has 1 aliphatic heterocycles. The molecule has 0 saturated carbocycles. The Morgan fingerprint density at radius 1 is 1.57 bits per heavy atom. The molecule has 112 valence electrons. The van der Waals surface area contributed by atoms with Gasteiger partial charge in [-0.2, -0.15) is 11.3 Å². The van der Waals surface area contributed by atoms with Gasteiger partial charge in [0.15, 0.2) is 0 Å². The van der Waals surface area contributed by atoms with E-state index in [0.29, 0.717) is 6.61 Å². The largest absolute Gasteiger partial charge is 0.368 e. The van der Waals surface area contributed by atoms with Crippen molar-refractivity contribution in [3.63, 3.8) is 0 Å². The van der Waals surface area contributed by atoms with Crippen LogP contribution in [-0.4, -0.2) is 23.6 Å². The number of hydrogen-bond donors (Lipinski definition) is 1. The minimum absolute atomic E-state index is 0.0133. The summed E-state index contributed by atoms with van der Waals surface area (Å²) in [5.74, 6) is -0.0133. The van der Waals surface area contributed by atoms with Crippen molar-refractivity contribution in [2.45, 2.75) is 38.3 Å². The highest BCUT2D eigenvalue weighted by atomic mass is 32.1. The molecular formula is C15H18N2O2S2. The molecule has 3 heterocycles. The maximum Gasteiger partial charge on any atom is 0.249 e. The van der Waals surface area contributed by atoms with Crippen LogP contribution < -0.4 is 5.32 Å². The lowest BCUT2D eigenvalue weighted by molar-refractivity contribution is -0.130. The predicted molar refractivity (Wildman–Crippen MR) is 84.7 cm³/mol. The number of aryl methyl sites for hydroxylation is 1. The first kappa shape index (κ1) is 14.7. The zero-order chi connectivity index (χ0) is 14.7. The maximum absolute atomic E-state index is 12.3. The molecule has 1 aliphatic rings. The minimum atomic E-state index is -0.295. The van der Waals surface area contributed by atoms with Crippen LogP contribution in [0.2, 0.25) is 0 Å². The van der Waals surface area contributed by atoms with E-state index in [-0.39, 0.29) is 18.1 Å². The number of nitrogens with zero attached hydrogens (tertiary/aromatic N) is 1. The van der Waals surface area contributed by atoms with Gasteiger partial charge in [-0.25, -0.2) is 4.98 Å². The van der Waals surface area contributed by atoms with Crippen LogP contribution in [0.4, 0.5) is 0 Å². The lowest BCUT2D eigenvalue weighted by Crippen LogP contribution is -2.37. The molecule has 0 aliphatic carbocycles. The van der Waals surface area contributed by atoms with Crippen molar-refractivity contribution < 1.29 is 9.53 Å². The third-order valence-electron chi connectivity index (χ3n) is 3.49. The molecule has 4 nitrogen and oxygen atoms in total. The van der Waals surface area contributed by atoms with Gasteiger partial charge >= 0.3 is 0 Å². The monoisotopic (exact) mass is 322 g/mol. The highest BCUT2D eigenvalue weighted by molar-refractivity contribution is 7.09. The third-order valence-corrected chi connectivity index (χ3v) is 5.30. The lowest BCUT2D eigenvalue weighted by atomic mass is 10.1. The topological polar surface area (TPSA) is 51.2 Å². The number of aromatic nitrogens is 1. The van der Waals surface area contributed by atoms with E-state index in [2.05, 4.69) is 27.1 Å². The number of hydrogen-bond acceptors (Lipinski definition) is 5. The lowest BCUT2D eigenvalue weighted by Gasteiger charge is -2.18. The molecule has 2 aromatic heterocycles. The molecule has 6 heteroatoms. The number of carbonyl (C=O) groups is 1. The van der Waals surface area contributed by atoms with Crippen molar-refractivity contribution >= 4 is 28.6 Å². The van der Waals surface area contributed by atoms with E-state index < -0.39 is 0 Å². The van der Waals surface area contributed by atoms with Crippen LogP contribution in [-0.2, 0) is 16.0 Å². The zero-order valence-corrected chi connectivity index (χ0v) is 13.5. The molecule has 2 aromatic rings. The standard InChI is InChI=1S/C15H18N2O2S2/c1-10-8-21-15(16-10)12(7-11-4-6-20-9-11)17-14(18)13-3-2-5-19-13/h4,6,8-9,12-13H,2-3,5,7H2,1H3,(H,17,18)/t12-,13+/m1/s1. The summed E-state index contributed by atoms with van der Waals surface area (Å²) in [6, 6.07) is 2.02. The van der Waals surface area contributed by atoms with E-state index >= 15 is 0 Å². The molecule has 0 aromatic carbocycles. The number of ether oxygens (including phenoxy) is 1. The summed E-state index contributed by atoms with van der Waals surface area (Å²) in [5.41, 5.74) is 2.22. The molecule has 1 fully saturated rings. The molecule has 1 saturated heterocycles. The Hall–Kier alpha value is -1.24. The number of thiophene rings is 1. The van der Waals surface area contributed by atoms with Crippen molar-refractivity contribution in [1.29, 1.82) is 0 Å². The smallest absolute Gasteiger partial charge is 0.249 e. The molecule has 1 N–H and O–H groups in total. The van der Waals surface area contributed by atoms with Crippen LogP contribution in [0.25, 0.3) is 0 Å². The van der Waals surface area contributed by atoms with Gasteiger partial charge in [-0.1, -0.05) is 0 Å². The summed E-state index contributed by atoms with van der Waals surface area (Å²) in [6.45, 7) is 2.66. The quantitative estimate of drug-likeness (QED) is 0.920. The fraction of sp³-hybridized carbons (Fsp3) is 0.467. The number of thiazole rings is 1. The first-order chi connectivity index (χ1) is 10.2. The second-order valence-electron chi connectivity index (χ2n) is 5.23. The summed E-state index contributed by atoms with van der Waals surface area (Å²) in [5, 5.41) is 10.3. The van der Waals surface area contributed by atoms with Crippen LogP contribution in [0.5, 0.6) is 0 Å². The molecule has 0 spiro atoms. The van der Waals surface area contributed by atoms with Gasteiger partial charge in [0.1, 0.15) is 11.1 Å². The highest BCUT2D eigenvalue weighted by Gasteiger charge is 2.27. The Bertz CT molecular complexity index is 589. The Kier molecular flexibility index (Phi) is 4.67. The van der Waals surface area contributed by atoms with E-state index in [9.17, 15) is 4.79 Å². The van der Waals surface area contributed by atoms with Gasteiger partial charge in [-0.15, -0.1) is 11.3 Å². The van der Waals surface area contributed by atoms with E-state index in [1.54, 1.807) is 22.7 Å². The summed E-state index contributed by atoms with van der Waals surface area (Å²) >= 11 is 3.27. The van der Waals surface area contributed by atoms with Crippen molar-refractivity contribution in [2.24, 2.45) is 0 Å². The normalized spacial score (nSPS) is 19.6. The second kappa shape index (κ2) is 6.68. The molecule has 0 radical (unpaired) electrons. The SMILES string of the molecule is Cc1csc([C@@H](Cc2ccsc2)NC(=O)[C@@H]2CCCO2)n1. The average molecular weight is 322 g/mol. The van der Waals surface area contributed by atoms with E-state index in [1.807, 2.05) is 12.3 Å². The molecule has 0 unspecified atom stereocenters. The Morgan fingerprint density at radius 3 is 3.10 bits per heavy atom. The predicted octanol–water partition coefficient (Wildman–Crippen LogP) is 3.09. The Morgan fingerprint density at radius 2 is 2.48 bits per heavy atom. The summed E-state index contributed by atoms with van der Waals surface area (Å²) in [7, 11) is 0. The summed E-state index contributed by atoms with van der Waals surface area (Å²) in [6.07, 6.45) is 2.25. The number of rotatable bonds is 5. The fourth-order valence-electron chi connectivity index (χ4n) is 2.43. The van der Waals surface area contributed by atoms with Gasteiger partial charge in [0.05, 0.1) is 6.04 Å². The van der Waals surface area contributed by atoms with Crippen LogP contribution in [0, 0.1) is 6.92 Å². The van der Waals surface area contributed by atoms with Gasteiger partial charge < -0.3 is 10.1 Å². The molecule has 0 bridgehead atoms. The Labute approximate surface area is 132 Å². The molecule has 2 atom stereocenters. The van der Waals surface area contributed by atoms with Crippen LogP contribution >= 0.6 is 22.7 Å². The first-order valence-corrected chi connectivity index (χ1v) is 8.89. The highest BCUT2D eigenvalue weighted by Crippen LogP contribution is 2.24. The van der Waals surface area contributed by atoms with Crippen molar-refractivity contribution in [1.82, 2.24) is 10.3 Å². The second-order valence-corrected chi connectivity index (χ2v) is 6.90. The fourth-order valence-corrected chi connectivity index (χ4v) is 3.95. The van der Waals surface area contributed by atoms with Gasteiger partial charge in [0, 0.05) is 24.1 Å². The van der Waals surface area contributed by atoms with Crippen molar-refractivity contribution in [2.75, 3.05) is 6.61 Å². The summed E-state index contributed by atoms with van der Waals surface area (Å²) < 4.78 is 5.46. The van der Waals surface area contributed by atoms with E-state index in [1.165, 1.54) is 5.56 Å².